The number of hydrogen-bond donors (Lipinski definition) is 2. The van der Waals surface area contributed by atoms with Gasteiger partial charge in [0.05, 0.1) is 5.03 Å². The van der Waals surface area contributed by atoms with Gasteiger partial charge >= 0.3 is 0 Å². The molecule has 4 N–H and O–H groups in total. The lowest BCUT2D eigenvalue weighted by Gasteiger charge is -2.25. The minimum Gasteiger partial charge on any atom is -0.489 e. The standard InChI is InChI=1S/C19H24N2OS/c1-15(20)23-12-11-19(2,21)17-8-6-7-16(13-17)14-22-18-9-4-3-5-10-18/h3-10,13H,1,11-12,14,20-21H2,2H3. The molecule has 0 aromatic heterocycles. The van der Waals surface area contributed by atoms with Crippen LogP contribution in [0.3, 0.4) is 0 Å². The highest BCUT2D eigenvalue weighted by atomic mass is 32.2. The fraction of sp³-hybridized carbons (Fsp3) is 0.263. The zero-order valence-electron chi connectivity index (χ0n) is 13.5. The van der Waals surface area contributed by atoms with Crippen LogP contribution in [-0.2, 0) is 12.1 Å². The first-order valence-corrected chi connectivity index (χ1v) is 8.59. The van der Waals surface area contributed by atoms with Gasteiger partial charge in [0.1, 0.15) is 12.4 Å². The van der Waals surface area contributed by atoms with Gasteiger partial charge in [-0.25, -0.2) is 0 Å². The molecule has 0 spiro atoms. The summed E-state index contributed by atoms with van der Waals surface area (Å²) >= 11 is 1.54. The third-order valence-electron chi connectivity index (χ3n) is 3.64. The van der Waals surface area contributed by atoms with E-state index in [2.05, 4.69) is 24.8 Å². The van der Waals surface area contributed by atoms with Gasteiger partial charge in [-0.3, -0.25) is 0 Å². The molecule has 0 aliphatic heterocycles. The average molecular weight is 328 g/mol. The second-order valence-electron chi connectivity index (χ2n) is 5.78. The predicted octanol–water partition coefficient (Wildman–Crippen LogP) is 3.99. The van der Waals surface area contributed by atoms with Crippen molar-refractivity contribution in [2.75, 3.05) is 5.75 Å². The Bertz CT molecular complexity index is 641. The second kappa shape index (κ2) is 8.09. The van der Waals surface area contributed by atoms with E-state index in [0.717, 1.165) is 29.1 Å². The molecule has 0 amide bonds. The molecule has 0 radical (unpaired) electrons. The first-order valence-electron chi connectivity index (χ1n) is 7.61. The molecule has 0 fully saturated rings. The summed E-state index contributed by atoms with van der Waals surface area (Å²) in [5.41, 5.74) is 13.9. The fourth-order valence-electron chi connectivity index (χ4n) is 2.24. The quantitative estimate of drug-likeness (QED) is 0.769. The number of benzene rings is 2. The molecule has 122 valence electrons. The molecule has 0 aliphatic carbocycles. The monoisotopic (exact) mass is 328 g/mol. The lowest BCUT2D eigenvalue weighted by atomic mass is 9.89. The van der Waals surface area contributed by atoms with Gasteiger partial charge in [-0.15, -0.1) is 11.8 Å². The van der Waals surface area contributed by atoms with Gasteiger partial charge in [0.2, 0.25) is 0 Å². The minimum absolute atomic E-state index is 0.398. The third kappa shape index (κ3) is 5.66. The number of rotatable bonds is 8. The van der Waals surface area contributed by atoms with Crippen molar-refractivity contribution in [2.45, 2.75) is 25.5 Å². The van der Waals surface area contributed by atoms with Crippen LogP contribution in [-0.4, -0.2) is 5.75 Å². The van der Waals surface area contributed by atoms with Crippen LogP contribution in [0, 0.1) is 0 Å². The van der Waals surface area contributed by atoms with Gasteiger partial charge < -0.3 is 16.2 Å². The van der Waals surface area contributed by atoms with E-state index in [4.69, 9.17) is 16.2 Å². The first-order chi connectivity index (χ1) is 11.0. The molecule has 1 unspecified atom stereocenters. The molecule has 3 nitrogen and oxygen atoms in total. The molecule has 1 atom stereocenters. The van der Waals surface area contributed by atoms with Crippen LogP contribution >= 0.6 is 11.8 Å². The summed E-state index contributed by atoms with van der Waals surface area (Å²) in [5.74, 6) is 1.72. The number of para-hydroxylation sites is 1. The Labute approximate surface area is 142 Å². The Kier molecular flexibility index (Phi) is 6.13. The Morgan fingerprint density at radius 3 is 2.61 bits per heavy atom. The lowest BCUT2D eigenvalue weighted by Crippen LogP contribution is -2.33. The van der Waals surface area contributed by atoms with E-state index in [-0.39, 0.29) is 0 Å². The van der Waals surface area contributed by atoms with E-state index in [9.17, 15) is 0 Å². The summed E-state index contributed by atoms with van der Waals surface area (Å²) in [7, 11) is 0. The molecule has 0 aliphatic rings. The summed E-state index contributed by atoms with van der Waals surface area (Å²) in [6.07, 6.45) is 0.830. The highest BCUT2D eigenvalue weighted by Gasteiger charge is 2.21. The second-order valence-corrected chi connectivity index (χ2v) is 7.01. The average Bonchev–Trinajstić information content (AvgIpc) is 2.54. The van der Waals surface area contributed by atoms with E-state index in [1.54, 1.807) is 11.8 Å². The summed E-state index contributed by atoms with van der Waals surface area (Å²) in [6, 6.07) is 18.1. The zero-order valence-corrected chi connectivity index (χ0v) is 14.3. The lowest BCUT2D eigenvalue weighted by molar-refractivity contribution is 0.306. The summed E-state index contributed by atoms with van der Waals surface area (Å²) < 4.78 is 5.80. The number of nitrogens with two attached hydrogens (primary N) is 2. The highest BCUT2D eigenvalue weighted by molar-refractivity contribution is 8.02. The minimum atomic E-state index is -0.398. The number of ether oxygens (including phenoxy) is 1. The van der Waals surface area contributed by atoms with Crippen molar-refractivity contribution in [3.05, 3.63) is 77.3 Å². The molecule has 0 heterocycles. The molecular formula is C19H24N2OS. The van der Waals surface area contributed by atoms with Gasteiger partial charge in [-0.05, 0) is 36.6 Å². The topological polar surface area (TPSA) is 61.3 Å². The summed E-state index contributed by atoms with van der Waals surface area (Å²) in [6.45, 7) is 6.27. The Balaban J connectivity index is 1.99. The van der Waals surface area contributed by atoms with Gasteiger partial charge in [-0.1, -0.05) is 49.0 Å². The molecule has 0 bridgehead atoms. The van der Waals surface area contributed by atoms with Crippen LogP contribution in [0.15, 0.2) is 66.2 Å². The first kappa shape index (κ1) is 17.4. The number of thioether (sulfide) groups is 1. The molecule has 2 rings (SSSR count). The van der Waals surface area contributed by atoms with Gasteiger partial charge in [0.15, 0.2) is 0 Å². The van der Waals surface area contributed by atoms with Crippen LogP contribution in [0.2, 0.25) is 0 Å². The van der Waals surface area contributed by atoms with Gasteiger partial charge in [-0.2, -0.15) is 0 Å². The zero-order chi connectivity index (χ0) is 16.7. The fourth-order valence-corrected chi connectivity index (χ4v) is 3.03. The summed E-state index contributed by atoms with van der Waals surface area (Å²) in [5, 5.41) is 0.630. The van der Waals surface area contributed by atoms with Gasteiger partial charge in [0.25, 0.3) is 0 Å². The van der Waals surface area contributed by atoms with Crippen LogP contribution in [0.25, 0.3) is 0 Å². The van der Waals surface area contributed by atoms with Crippen molar-refractivity contribution in [1.82, 2.24) is 0 Å². The molecule has 2 aromatic carbocycles. The molecular weight excluding hydrogens is 304 g/mol. The highest BCUT2D eigenvalue weighted by Crippen LogP contribution is 2.25. The maximum Gasteiger partial charge on any atom is 0.119 e. The largest absolute Gasteiger partial charge is 0.489 e. The summed E-state index contributed by atoms with van der Waals surface area (Å²) in [4.78, 5) is 0. The maximum atomic E-state index is 6.48. The van der Waals surface area contributed by atoms with Crippen LogP contribution in [0.4, 0.5) is 0 Å². The molecule has 4 heteroatoms. The predicted molar refractivity (Wildman–Crippen MR) is 99.2 cm³/mol. The van der Waals surface area contributed by atoms with Crippen molar-refractivity contribution in [3.8, 4) is 5.75 Å². The molecule has 2 aromatic rings. The van der Waals surface area contributed by atoms with Crippen molar-refractivity contribution < 1.29 is 4.74 Å². The van der Waals surface area contributed by atoms with E-state index < -0.39 is 5.54 Å². The molecule has 23 heavy (non-hydrogen) atoms. The van der Waals surface area contributed by atoms with Crippen LogP contribution < -0.4 is 16.2 Å². The van der Waals surface area contributed by atoms with Crippen molar-refractivity contribution in [1.29, 1.82) is 0 Å². The van der Waals surface area contributed by atoms with Crippen molar-refractivity contribution >= 4 is 11.8 Å². The SMILES string of the molecule is C=C(N)SCCC(C)(N)c1cccc(COc2ccccc2)c1. The Morgan fingerprint density at radius 2 is 1.91 bits per heavy atom. The Morgan fingerprint density at radius 1 is 1.17 bits per heavy atom. The molecule has 0 saturated heterocycles. The third-order valence-corrected chi connectivity index (χ3v) is 4.42. The van der Waals surface area contributed by atoms with E-state index >= 15 is 0 Å². The van der Waals surface area contributed by atoms with Crippen LogP contribution in [0.1, 0.15) is 24.5 Å². The van der Waals surface area contributed by atoms with Crippen molar-refractivity contribution in [2.24, 2.45) is 11.5 Å². The van der Waals surface area contributed by atoms with E-state index in [1.165, 1.54) is 0 Å². The normalized spacial score (nSPS) is 13.3. The van der Waals surface area contributed by atoms with Crippen LogP contribution in [0.5, 0.6) is 5.75 Å². The van der Waals surface area contributed by atoms with E-state index in [0.29, 0.717) is 11.6 Å². The number of hydrogen-bond acceptors (Lipinski definition) is 4. The maximum absolute atomic E-state index is 6.48. The molecule has 0 saturated carbocycles. The Hall–Kier alpha value is -1.91. The van der Waals surface area contributed by atoms with Crippen molar-refractivity contribution in [3.63, 3.8) is 0 Å². The van der Waals surface area contributed by atoms with Gasteiger partial charge in [0, 0.05) is 11.3 Å². The smallest absolute Gasteiger partial charge is 0.119 e. The van der Waals surface area contributed by atoms with E-state index in [1.807, 2.05) is 43.3 Å².